The van der Waals surface area contributed by atoms with E-state index < -0.39 is 0 Å². The van der Waals surface area contributed by atoms with Gasteiger partial charge in [0.15, 0.2) is 0 Å². The van der Waals surface area contributed by atoms with Gasteiger partial charge in [0.1, 0.15) is 18.1 Å². The van der Waals surface area contributed by atoms with Gasteiger partial charge in [0, 0.05) is 25.1 Å². The highest BCUT2D eigenvalue weighted by molar-refractivity contribution is 5.94. The van der Waals surface area contributed by atoms with Crippen LogP contribution in [-0.4, -0.2) is 26.2 Å². The second-order valence-electron chi connectivity index (χ2n) is 7.56. The monoisotopic (exact) mass is 423 g/mol. The topological polar surface area (TPSA) is 111 Å². The number of fused-ring (bicyclic) bond motifs is 1. The zero-order valence-corrected chi connectivity index (χ0v) is 17.2. The number of furan rings is 1. The molecule has 0 atom stereocenters. The Kier molecular flexibility index (Phi) is 6.30. The predicted molar refractivity (Wildman–Crippen MR) is 112 cm³/mol. The van der Waals surface area contributed by atoms with Crippen LogP contribution in [0.15, 0.2) is 51.9 Å². The number of nitrogens with one attached hydrogen (secondary N) is 2. The average molecular weight is 423 g/mol. The lowest BCUT2D eigenvalue weighted by Crippen LogP contribution is -2.33. The fourth-order valence-corrected chi connectivity index (χ4v) is 3.63. The third-order valence-corrected chi connectivity index (χ3v) is 5.26. The molecular formula is C22H25N5O4. The van der Waals surface area contributed by atoms with Crippen molar-refractivity contribution in [1.29, 1.82) is 0 Å². The molecule has 2 amide bonds. The van der Waals surface area contributed by atoms with Crippen molar-refractivity contribution in [3.63, 3.8) is 0 Å². The average Bonchev–Trinajstić information content (AvgIpc) is 3.32. The number of rotatable bonds is 7. The maximum atomic E-state index is 12.5. The standard InChI is InChI=1S/C22H25N5O4/c28-20(15-27-22(30)26-10-3-1-2-9-19(26)25-27)23-13-16-6-4-7-17(12-16)21(29)24-14-18-8-5-11-31-18/h4-8,11-12H,1-3,9-10,13-15H2,(H,23,28)(H,24,29). The maximum absolute atomic E-state index is 12.5. The minimum absolute atomic E-state index is 0.123. The summed E-state index contributed by atoms with van der Waals surface area (Å²) in [6.45, 7) is 1.09. The molecule has 0 unspecified atom stereocenters. The Balaban J connectivity index is 1.32. The third-order valence-electron chi connectivity index (χ3n) is 5.26. The second-order valence-corrected chi connectivity index (χ2v) is 7.56. The van der Waals surface area contributed by atoms with Crippen molar-refractivity contribution in [2.45, 2.75) is 51.9 Å². The van der Waals surface area contributed by atoms with E-state index in [4.69, 9.17) is 4.42 Å². The number of aromatic nitrogens is 3. The highest BCUT2D eigenvalue weighted by Crippen LogP contribution is 2.10. The largest absolute Gasteiger partial charge is 0.467 e. The molecule has 3 heterocycles. The number of hydrogen-bond acceptors (Lipinski definition) is 5. The molecule has 1 aliphatic rings. The van der Waals surface area contributed by atoms with Crippen LogP contribution in [0, 0.1) is 0 Å². The van der Waals surface area contributed by atoms with E-state index in [-0.39, 0.29) is 30.6 Å². The van der Waals surface area contributed by atoms with Gasteiger partial charge in [-0.2, -0.15) is 5.10 Å². The number of amides is 2. The molecular weight excluding hydrogens is 398 g/mol. The van der Waals surface area contributed by atoms with Crippen molar-refractivity contribution >= 4 is 11.8 Å². The summed E-state index contributed by atoms with van der Waals surface area (Å²) < 4.78 is 8.11. The summed E-state index contributed by atoms with van der Waals surface area (Å²) in [5.41, 5.74) is 1.04. The molecule has 0 saturated heterocycles. The first-order valence-electron chi connectivity index (χ1n) is 10.4. The Morgan fingerprint density at radius 3 is 2.81 bits per heavy atom. The van der Waals surface area contributed by atoms with Gasteiger partial charge in [-0.15, -0.1) is 0 Å². The Morgan fingerprint density at radius 1 is 1.06 bits per heavy atom. The van der Waals surface area contributed by atoms with Gasteiger partial charge < -0.3 is 15.1 Å². The van der Waals surface area contributed by atoms with Gasteiger partial charge in [-0.05, 0) is 42.7 Å². The van der Waals surface area contributed by atoms with E-state index in [1.54, 1.807) is 41.2 Å². The highest BCUT2D eigenvalue weighted by Gasteiger charge is 2.17. The smallest absolute Gasteiger partial charge is 0.346 e. The molecule has 0 spiro atoms. The molecule has 3 aromatic rings. The van der Waals surface area contributed by atoms with Gasteiger partial charge in [-0.25, -0.2) is 9.48 Å². The van der Waals surface area contributed by atoms with Crippen LogP contribution in [0.25, 0.3) is 0 Å². The Morgan fingerprint density at radius 2 is 1.97 bits per heavy atom. The van der Waals surface area contributed by atoms with Crippen molar-refractivity contribution in [3.8, 4) is 0 Å². The van der Waals surface area contributed by atoms with E-state index in [2.05, 4.69) is 15.7 Å². The lowest BCUT2D eigenvalue weighted by molar-refractivity contribution is -0.122. The zero-order chi connectivity index (χ0) is 21.6. The Hall–Kier alpha value is -3.62. The third kappa shape index (κ3) is 5.11. The first kappa shape index (κ1) is 20.6. The van der Waals surface area contributed by atoms with Gasteiger partial charge >= 0.3 is 5.69 Å². The molecule has 0 aliphatic carbocycles. The predicted octanol–water partition coefficient (Wildman–Crippen LogP) is 1.61. The molecule has 2 N–H and O–H groups in total. The summed E-state index contributed by atoms with van der Waals surface area (Å²) in [5.74, 6) is 0.894. The van der Waals surface area contributed by atoms with Crippen molar-refractivity contribution in [1.82, 2.24) is 25.0 Å². The van der Waals surface area contributed by atoms with E-state index >= 15 is 0 Å². The van der Waals surface area contributed by atoms with Crippen LogP contribution in [-0.2, 0) is 37.4 Å². The fraction of sp³-hybridized carbons (Fsp3) is 0.364. The molecule has 4 rings (SSSR count). The number of carbonyl (C=O) groups is 2. The molecule has 31 heavy (non-hydrogen) atoms. The second kappa shape index (κ2) is 9.46. The Labute approximate surface area is 179 Å². The number of benzene rings is 1. The van der Waals surface area contributed by atoms with Crippen LogP contribution in [0.2, 0.25) is 0 Å². The molecule has 0 saturated carbocycles. The van der Waals surface area contributed by atoms with Crippen LogP contribution < -0.4 is 16.3 Å². The van der Waals surface area contributed by atoms with Gasteiger partial charge in [-0.1, -0.05) is 18.6 Å². The molecule has 9 nitrogen and oxygen atoms in total. The minimum atomic E-state index is -0.303. The SMILES string of the molecule is O=C(Cn1nc2n(c1=O)CCCCC2)NCc1cccc(C(=O)NCc2ccco2)c1. The van der Waals surface area contributed by atoms with Gasteiger partial charge in [0.25, 0.3) is 5.91 Å². The van der Waals surface area contributed by atoms with Crippen molar-refractivity contribution in [2.24, 2.45) is 0 Å². The molecule has 1 aliphatic heterocycles. The summed E-state index contributed by atoms with van der Waals surface area (Å²) in [6, 6.07) is 10.6. The van der Waals surface area contributed by atoms with Gasteiger partial charge in [0.2, 0.25) is 5.91 Å². The minimum Gasteiger partial charge on any atom is -0.467 e. The number of carbonyl (C=O) groups excluding carboxylic acids is 2. The van der Waals surface area contributed by atoms with E-state index in [9.17, 15) is 14.4 Å². The van der Waals surface area contributed by atoms with Crippen LogP contribution in [0.1, 0.15) is 46.8 Å². The molecule has 9 heteroatoms. The lowest BCUT2D eigenvalue weighted by atomic mass is 10.1. The summed E-state index contributed by atoms with van der Waals surface area (Å²) in [7, 11) is 0. The van der Waals surface area contributed by atoms with Crippen molar-refractivity contribution in [2.75, 3.05) is 0 Å². The fourth-order valence-electron chi connectivity index (χ4n) is 3.63. The molecule has 2 aromatic heterocycles. The van der Waals surface area contributed by atoms with Crippen molar-refractivity contribution < 1.29 is 14.0 Å². The van der Waals surface area contributed by atoms with Crippen LogP contribution in [0.3, 0.4) is 0 Å². The lowest BCUT2D eigenvalue weighted by Gasteiger charge is -2.08. The van der Waals surface area contributed by atoms with Gasteiger partial charge in [-0.3, -0.25) is 14.2 Å². The first-order valence-corrected chi connectivity index (χ1v) is 10.4. The first-order chi connectivity index (χ1) is 15.1. The van der Waals surface area contributed by atoms with Crippen LogP contribution in [0.5, 0.6) is 0 Å². The normalized spacial score (nSPS) is 13.3. The molecule has 162 valence electrons. The number of hydrogen-bond donors (Lipinski definition) is 2. The van der Waals surface area contributed by atoms with E-state index in [0.29, 0.717) is 24.4 Å². The summed E-state index contributed by atoms with van der Waals surface area (Å²) in [4.78, 5) is 37.2. The Bertz CT molecular complexity index is 1110. The highest BCUT2D eigenvalue weighted by atomic mass is 16.3. The van der Waals surface area contributed by atoms with Crippen LogP contribution >= 0.6 is 0 Å². The number of nitrogens with zero attached hydrogens (tertiary/aromatic N) is 3. The maximum Gasteiger partial charge on any atom is 0.346 e. The molecule has 0 bridgehead atoms. The zero-order valence-electron chi connectivity index (χ0n) is 17.2. The molecule has 0 fully saturated rings. The van der Waals surface area contributed by atoms with E-state index in [1.807, 2.05) is 6.07 Å². The summed E-state index contributed by atoms with van der Waals surface area (Å²) in [6.07, 6.45) is 5.37. The van der Waals surface area contributed by atoms with Gasteiger partial charge in [0.05, 0.1) is 12.8 Å². The summed E-state index contributed by atoms with van der Waals surface area (Å²) in [5, 5.41) is 9.91. The molecule has 0 radical (unpaired) electrons. The van der Waals surface area contributed by atoms with Crippen LogP contribution in [0.4, 0.5) is 0 Å². The quantitative estimate of drug-likeness (QED) is 0.600. The van der Waals surface area contributed by atoms with Crippen molar-refractivity contribution in [3.05, 3.63) is 75.9 Å². The number of aryl methyl sites for hydroxylation is 1. The summed E-state index contributed by atoms with van der Waals surface area (Å²) >= 11 is 0. The molecule has 1 aromatic carbocycles. The van der Waals surface area contributed by atoms with E-state index in [1.165, 1.54) is 4.68 Å². The van der Waals surface area contributed by atoms with E-state index in [0.717, 1.165) is 37.1 Å².